The summed E-state index contributed by atoms with van der Waals surface area (Å²) in [4.78, 5) is 18.1. The number of rotatable bonds is 6. The zero-order valence-electron chi connectivity index (χ0n) is 12.8. The molecule has 1 amide bonds. The number of nitrogens with zero attached hydrogens (tertiary/aromatic N) is 3. The number of carbonyl (C=O) groups excluding carboxylic acids is 1. The van der Waals surface area contributed by atoms with Crippen LogP contribution in [0.25, 0.3) is 6.08 Å². The topological polar surface area (TPSA) is 57.0 Å². The monoisotopic (exact) mass is 359 g/mol. The molecule has 6 heteroatoms. The Labute approximate surface area is 150 Å². The van der Waals surface area contributed by atoms with Crippen LogP contribution in [0.3, 0.4) is 0 Å². The molecule has 0 N–H and O–H groups in total. The highest BCUT2D eigenvalue weighted by Crippen LogP contribution is 2.23. The molecule has 0 fully saturated rings. The molecule has 1 aromatic carbocycles. The number of hydrogen-bond acceptors (Lipinski definition) is 3. The van der Waals surface area contributed by atoms with Crippen molar-refractivity contribution in [2.45, 2.75) is 13.0 Å². The maximum absolute atomic E-state index is 12.4. The largest absolute Gasteiger partial charge is 0.334 e. The molecule has 1 aromatic heterocycles. The predicted octanol–water partition coefficient (Wildman–Crippen LogP) is 4.34. The number of benzene rings is 1. The molecule has 0 aliphatic carbocycles. The molecule has 4 nitrogen and oxygen atoms in total. The predicted molar refractivity (Wildman–Crippen MR) is 95.4 cm³/mol. The second kappa shape index (κ2) is 9.07. The van der Waals surface area contributed by atoms with E-state index in [0.717, 1.165) is 11.1 Å². The second-order valence-corrected chi connectivity index (χ2v) is 5.85. The van der Waals surface area contributed by atoms with Gasteiger partial charge in [-0.2, -0.15) is 5.26 Å². The van der Waals surface area contributed by atoms with Gasteiger partial charge in [0.05, 0.1) is 22.5 Å². The van der Waals surface area contributed by atoms with Crippen molar-refractivity contribution < 1.29 is 4.79 Å². The van der Waals surface area contributed by atoms with Crippen molar-refractivity contribution in [2.24, 2.45) is 0 Å². The standard InChI is InChI=1S/C18H15Cl2N3O/c19-16-6-4-14(11-17(16)20)5-7-18(24)23(10-2-8-21)13-15-3-1-9-22-12-15/h1,3-7,9,11-12H,2,10,13H2. The fourth-order valence-corrected chi connectivity index (χ4v) is 2.36. The number of halogens is 2. The Hall–Kier alpha value is -2.35. The van der Waals surface area contributed by atoms with Gasteiger partial charge in [0.15, 0.2) is 0 Å². The lowest BCUT2D eigenvalue weighted by atomic mass is 10.2. The van der Waals surface area contributed by atoms with E-state index in [4.69, 9.17) is 28.5 Å². The van der Waals surface area contributed by atoms with Gasteiger partial charge in [-0.1, -0.05) is 35.3 Å². The summed E-state index contributed by atoms with van der Waals surface area (Å²) in [6.45, 7) is 0.760. The summed E-state index contributed by atoms with van der Waals surface area (Å²) in [5.41, 5.74) is 1.69. The van der Waals surface area contributed by atoms with Crippen molar-refractivity contribution in [3.63, 3.8) is 0 Å². The van der Waals surface area contributed by atoms with Gasteiger partial charge in [-0.3, -0.25) is 9.78 Å². The van der Waals surface area contributed by atoms with Gasteiger partial charge in [0, 0.05) is 31.6 Å². The number of amides is 1. The van der Waals surface area contributed by atoms with Crippen molar-refractivity contribution in [3.05, 3.63) is 70.0 Å². The fraction of sp³-hybridized carbons (Fsp3) is 0.167. The van der Waals surface area contributed by atoms with Crippen molar-refractivity contribution in [1.82, 2.24) is 9.88 Å². The Kier molecular flexibility index (Phi) is 6.80. The van der Waals surface area contributed by atoms with E-state index < -0.39 is 0 Å². The van der Waals surface area contributed by atoms with Crippen LogP contribution in [0.5, 0.6) is 0 Å². The van der Waals surface area contributed by atoms with E-state index in [1.165, 1.54) is 6.08 Å². The molecule has 0 atom stereocenters. The van der Waals surface area contributed by atoms with Crippen LogP contribution in [0.1, 0.15) is 17.5 Å². The first-order valence-electron chi connectivity index (χ1n) is 7.28. The normalized spacial score (nSPS) is 10.5. The minimum Gasteiger partial charge on any atom is -0.334 e. The van der Waals surface area contributed by atoms with Gasteiger partial charge >= 0.3 is 0 Å². The Bertz CT molecular complexity index is 770. The molecule has 0 aliphatic rings. The zero-order chi connectivity index (χ0) is 17.4. The fourth-order valence-electron chi connectivity index (χ4n) is 2.05. The third kappa shape index (κ3) is 5.38. The Balaban J connectivity index is 2.10. The van der Waals surface area contributed by atoms with E-state index in [2.05, 4.69) is 11.1 Å². The summed E-state index contributed by atoms with van der Waals surface area (Å²) in [6.07, 6.45) is 6.79. The number of aromatic nitrogens is 1. The number of hydrogen-bond donors (Lipinski definition) is 0. The summed E-state index contributed by atoms with van der Waals surface area (Å²) in [5.74, 6) is -0.180. The van der Waals surface area contributed by atoms with Gasteiger partial charge < -0.3 is 4.90 Å². The smallest absolute Gasteiger partial charge is 0.246 e. The molecule has 0 radical (unpaired) electrons. The molecule has 24 heavy (non-hydrogen) atoms. The van der Waals surface area contributed by atoms with E-state index in [9.17, 15) is 4.79 Å². The summed E-state index contributed by atoms with van der Waals surface area (Å²) < 4.78 is 0. The number of nitriles is 1. The lowest BCUT2D eigenvalue weighted by Crippen LogP contribution is -2.29. The van der Waals surface area contributed by atoms with Crippen LogP contribution in [0.4, 0.5) is 0 Å². The quantitative estimate of drug-likeness (QED) is 0.720. The van der Waals surface area contributed by atoms with Gasteiger partial charge in [-0.05, 0) is 35.4 Å². The van der Waals surface area contributed by atoms with E-state index in [0.29, 0.717) is 23.1 Å². The Morgan fingerprint density at radius 2 is 2.12 bits per heavy atom. The Morgan fingerprint density at radius 1 is 1.29 bits per heavy atom. The van der Waals surface area contributed by atoms with Gasteiger partial charge in [-0.15, -0.1) is 0 Å². The first-order valence-corrected chi connectivity index (χ1v) is 8.03. The average Bonchev–Trinajstić information content (AvgIpc) is 2.60. The highest BCUT2D eigenvalue weighted by atomic mass is 35.5. The first-order chi connectivity index (χ1) is 11.6. The SMILES string of the molecule is N#CCCN(Cc1cccnc1)C(=O)C=Cc1ccc(Cl)c(Cl)c1. The molecular weight excluding hydrogens is 345 g/mol. The van der Waals surface area contributed by atoms with E-state index in [-0.39, 0.29) is 12.3 Å². The van der Waals surface area contributed by atoms with Crippen LogP contribution in [-0.4, -0.2) is 22.3 Å². The zero-order valence-corrected chi connectivity index (χ0v) is 14.3. The van der Waals surface area contributed by atoms with Crippen LogP contribution in [-0.2, 0) is 11.3 Å². The van der Waals surface area contributed by atoms with Gasteiger partial charge in [-0.25, -0.2) is 0 Å². The molecule has 0 unspecified atom stereocenters. The van der Waals surface area contributed by atoms with E-state index >= 15 is 0 Å². The number of pyridine rings is 1. The summed E-state index contributed by atoms with van der Waals surface area (Å²) >= 11 is 11.8. The highest BCUT2D eigenvalue weighted by molar-refractivity contribution is 6.42. The summed E-state index contributed by atoms with van der Waals surface area (Å²) in [6, 6.07) is 10.9. The van der Waals surface area contributed by atoms with Crippen LogP contribution in [0.15, 0.2) is 48.8 Å². The maximum atomic E-state index is 12.4. The minimum atomic E-state index is -0.180. The van der Waals surface area contributed by atoms with Crippen molar-refractivity contribution in [2.75, 3.05) is 6.54 Å². The van der Waals surface area contributed by atoms with Crippen LogP contribution < -0.4 is 0 Å². The van der Waals surface area contributed by atoms with Crippen LogP contribution >= 0.6 is 23.2 Å². The lowest BCUT2D eigenvalue weighted by molar-refractivity contribution is -0.126. The summed E-state index contributed by atoms with van der Waals surface area (Å²) in [7, 11) is 0. The molecule has 0 spiro atoms. The average molecular weight is 360 g/mol. The maximum Gasteiger partial charge on any atom is 0.246 e. The van der Waals surface area contributed by atoms with Gasteiger partial charge in [0.2, 0.25) is 5.91 Å². The number of carbonyl (C=O) groups is 1. The van der Waals surface area contributed by atoms with E-state index in [1.54, 1.807) is 41.6 Å². The molecular formula is C18H15Cl2N3O. The van der Waals surface area contributed by atoms with Crippen molar-refractivity contribution >= 4 is 35.2 Å². The van der Waals surface area contributed by atoms with Crippen LogP contribution in [0.2, 0.25) is 10.0 Å². The van der Waals surface area contributed by atoms with Gasteiger partial charge in [0.25, 0.3) is 0 Å². The third-order valence-electron chi connectivity index (χ3n) is 3.26. The molecule has 0 saturated heterocycles. The van der Waals surface area contributed by atoms with Gasteiger partial charge in [0.1, 0.15) is 0 Å². The second-order valence-electron chi connectivity index (χ2n) is 5.04. The molecule has 122 valence electrons. The highest BCUT2D eigenvalue weighted by Gasteiger charge is 2.11. The van der Waals surface area contributed by atoms with E-state index in [1.807, 2.05) is 12.1 Å². The first kappa shape index (κ1) is 18.0. The molecule has 2 aromatic rings. The Morgan fingerprint density at radius 3 is 2.79 bits per heavy atom. The molecule has 1 heterocycles. The molecule has 2 rings (SSSR count). The summed E-state index contributed by atoms with van der Waals surface area (Å²) in [5, 5.41) is 9.68. The molecule has 0 bridgehead atoms. The molecule has 0 aliphatic heterocycles. The van der Waals surface area contributed by atoms with Crippen molar-refractivity contribution in [1.29, 1.82) is 5.26 Å². The lowest BCUT2D eigenvalue weighted by Gasteiger charge is -2.19. The molecule has 0 saturated carbocycles. The third-order valence-corrected chi connectivity index (χ3v) is 4.00. The minimum absolute atomic E-state index is 0.180. The van der Waals surface area contributed by atoms with Crippen LogP contribution in [0, 0.1) is 11.3 Å². The van der Waals surface area contributed by atoms with Crippen molar-refractivity contribution in [3.8, 4) is 6.07 Å².